The van der Waals surface area contributed by atoms with E-state index in [-0.39, 0.29) is 23.3 Å². The van der Waals surface area contributed by atoms with Crippen LogP contribution >= 0.6 is 23.5 Å². The van der Waals surface area contributed by atoms with Crippen LogP contribution < -0.4 is 11.1 Å². The molecular weight excluding hydrogens is 647 g/mol. The Bertz CT molecular complexity index is 2030. The first kappa shape index (κ1) is 30.2. The number of anilines is 1. The Balaban J connectivity index is 1.12. The lowest BCUT2D eigenvalue weighted by molar-refractivity contribution is -0.154. The van der Waals surface area contributed by atoms with E-state index in [0.717, 1.165) is 28.5 Å². The molecule has 5 aromatic rings. The summed E-state index contributed by atoms with van der Waals surface area (Å²) in [7, 11) is 0. The van der Waals surface area contributed by atoms with E-state index in [1.54, 1.807) is 6.20 Å². The number of nitrogen functional groups attached to an aromatic ring is 1. The maximum Gasteiger partial charge on any atom is 0.356 e. The summed E-state index contributed by atoms with van der Waals surface area (Å²) < 4.78 is 6.27. The maximum atomic E-state index is 14.3. The number of carbonyl (C=O) groups excluding carboxylic acids is 3. The Hall–Kier alpha value is -5.14. The highest BCUT2D eigenvalue weighted by Crippen LogP contribution is 2.50. The number of nitrogens with zero attached hydrogens (tertiary/aromatic N) is 4. The summed E-state index contributed by atoms with van der Waals surface area (Å²) in [6, 6.07) is 27.8. The highest BCUT2D eigenvalue weighted by atomic mass is 32.2. The molecule has 13 heteroatoms. The predicted octanol–water partition coefficient (Wildman–Crippen LogP) is 4.70. The number of carbonyl (C=O) groups is 3. The van der Waals surface area contributed by atoms with Crippen molar-refractivity contribution in [2.75, 3.05) is 11.5 Å². The lowest BCUT2D eigenvalue weighted by atomic mass is 9.94. The number of aromatic amines is 1. The standard InChI is InChI=1S/C35H29N7O4S2/c36-28-23-18-37-41-29(23)40-34(39-28)48-24-19-47-31-25(38-33(45)35(16-17-35)22-14-8-3-9-15-22)30(43)42(31)26(24)32(44)46-27(20-10-4-1-5-11-20)21-12-6-2-7-13-21/h1-15,18,25,27,31H,16-17,19H2,(H,38,45)(H3,36,37,39,40,41)/t25?,31-/m1/s1. The van der Waals surface area contributed by atoms with Crippen molar-refractivity contribution in [1.82, 2.24) is 30.4 Å². The van der Waals surface area contributed by atoms with Gasteiger partial charge in [0.25, 0.3) is 5.91 Å². The van der Waals surface area contributed by atoms with Gasteiger partial charge in [-0.15, -0.1) is 11.8 Å². The fraction of sp³-hybridized carbons (Fsp3) is 0.200. The van der Waals surface area contributed by atoms with Crippen LogP contribution in [0.3, 0.4) is 0 Å². The van der Waals surface area contributed by atoms with Crippen LogP contribution in [0.15, 0.2) is 113 Å². The molecule has 2 fully saturated rings. The van der Waals surface area contributed by atoms with Gasteiger partial charge in [-0.25, -0.2) is 14.8 Å². The van der Waals surface area contributed by atoms with Crippen LogP contribution in [-0.4, -0.2) is 60.0 Å². The van der Waals surface area contributed by atoms with Gasteiger partial charge in [0.05, 0.1) is 17.0 Å². The summed E-state index contributed by atoms with van der Waals surface area (Å²) >= 11 is 2.61. The van der Waals surface area contributed by atoms with Crippen molar-refractivity contribution in [3.63, 3.8) is 0 Å². The summed E-state index contributed by atoms with van der Waals surface area (Å²) in [5.74, 6) is -0.630. The Morgan fingerprint density at radius 1 is 0.979 bits per heavy atom. The molecule has 8 rings (SSSR count). The Labute approximate surface area is 283 Å². The number of rotatable bonds is 9. The number of benzene rings is 3. The average molecular weight is 676 g/mol. The van der Waals surface area contributed by atoms with E-state index in [4.69, 9.17) is 10.5 Å². The third-order valence-corrected chi connectivity index (χ3v) is 11.3. The van der Waals surface area contributed by atoms with Crippen LogP contribution in [0.1, 0.15) is 35.6 Å². The van der Waals surface area contributed by atoms with Crippen LogP contribution in [-0.2, 0) is 24.5 Å². The van der Waals surface area contributed by atoms with E-state index in [0.29, 0.717) is 39.7 Å². The molecule has 1 saturated heterocycles. The molecule has 4 heterocycles. The monoisotopic (exact) mass is 675 g/mol. The molecule has 1 aliphatic carbocycles. The van der Waals surface area contributed by atoms with Gasteiger partial charge in [0.2, 0.25) is 5.91 Å². The molecule has 0 spiro atoms. The van der Waals surface area contributed by atoms with Crippen molar-refractivity contribution in [3.05, 3.63) is 124 Å². The Morgan fingerprint density at radius 2 is 1.62 bits per heavy atom. The van der Waals surface area contributed by atoms with Crippen LogP contribution in [0.2, 0.25) is 0 Å². The molecule has 4 N–H and O–H groups in total. The first-order valence-corrected chi connectivity index (χ1v) is 17.3. The number of aromatic nitrogens is 4. The van der Waals surface area contributed by atoms with E-state index in [1.807, 2.05) is 91.0 Å². The first-order valence-electron chi connectivity index (χ1n) is 15.4. The SMILES string of the molecule is Nc1nc(SC2=C(C(=O)OC(c3ccccc3)c3ccccc3)N3C(=O)C(NC(=O)C4(c5ccccc5)CC4)[C@H]3SC2)nc2[nH]ncc12. The molecule has 11 nitrogen and oxygen atoms in total. The molecule has 3 aromatic carbocycles. The molecule has 3 aliphatic rings. The molecule has 0 bridgehead atoms. The van der Waals surface area contributed by atoms with Gasteiger partial charge in [-0.05, 0) is 29.5 Å². The van der Waals surface area contributed by atoms with Crippen molar-refractivity contribution in [2.24, 2.45) is 0 Å². The second kappa shape index (κ2) is 12.1. The minimum atomic E-state index is -0.787. The van der Waals surface area contributed by atoms with Crippen LogP contribution in [0.5, 0.6) is 0 Å². The predicted molar refractivity (Wildman–Crippen MR) is 182 cm³/mol. The van der Waals surface area contributed by atoms with Crippen molar-refractivity contribution in [2.45, 2.75) is 40.9 Å². The summed E-state index contributed by atoms with van der Waals surface area (Å²) in [4.78, 5) is 52.8. The molecule has 2 amide bonds. The topological polar surface area (TPSA) is 156 Å². The van der Waals surface area contributed by atoms with E-state index in [2.05, 4.69) is 25.5 Å². The zero-order valence-corrected chi connectivity index (χ0v) is 27.0. The van der Waals surface area contributed by atoms with Crippen molar-refractivity contribution in [3.8, 4) is 0 Å². The number of fused-ring (bicyclic) bond motifs is 2. The molecule has 48 heavy (non-hydrogen) atoms. The lowest BCUT2D eigenvalue weighted by Gasteiger charge is -2.49. The molecule has 1 saturated carbocycles. The molecule has 0 radical (unpaired) electrons. The van der Waals surface area contributed by atoms with E-state index >= 15 is 0 Å². The summed E-state index contributed by atoms with van der Waals surface area (Å²) in [6.45, 7) is 0. The number of β-lactam (4-membered cyclic amide) rings is 1. The van der Waals surface area contributed by atoms with Gasteiger partial charge >= 0.3 is 5.97 Å². The van der Waals surface area contributed by atoms with E-state index < -0.39 is 28.9 Å². The second-order valence-electron chi connectivity index (χ2n) is 11.8. The third-order valence-electron chi connectivity index (χ3n) is 8.89. The molecule has 2 aromatic heterocycles. The van der Waals surface area contributed by atoms with Gasteiger partial charge in [0, 0.05) is 10.7 Å². The van der Waals surface area contributed by atoms with Crippen molar-refractivity contribution < 1.29 is 19.1 Å². The van der Waals surface area contributed by atoms with Crippen LogP contribution in [0.25, 0.3) is 11.0 Å². The number of hydrogen-bond acceptors (Lipinski definition) is 10. The van der Waals surface area contributed by atoms with E-state index in [9.17, 15) is 14.4 Å². The quantitative estimate of drug-likeness (QED) is 0.114. The Morgan fingerprint density at radius 3 is 2.27 bits per heavy atom. The van der Waals surface area contributed by atoms with Gasteiger partial charge in [0.1, 0.15) is 22.9 Å². The number of esters is 1. The smallest absolute Gasteiger partial charge is 0.356 e. The number of H-pyrrole nitrogens is 1. The van der Waals surface area contributed by atoms with Crippen molar-refractivity contribution >= 4 is 58.2 Å². The fourth-order valence-corrected chi connectivity index (χ4v) is 8.62. The van der Waals surface area contributed by atoms with Crippen LogP contribution in [0, 0.1) is 0 Å². The largest absolute Gasteiger partial charge is 0.448 e. The second-order valence-corrected chi connectivity index (χ2v) is 14.0. The molecule has 2 atom stereocenters. The maximum absolute atomic E-state index is 14.3. The fourth-order valence-electron chi connectivity index (χ4n) is 6.21. The molecular formula is C35H29N7O4S2. The number of thioether (sulfide) groups is 2. The highest BCUT2D eigenvalue weighted by molar-refractivity contribution is 8.06. The minimum absolute atomic E-state index is 0.104. The number of ether oxygens (including phenoxy) is 1. The van der Waals surface area contributed by atoms with Crippen molar-refractivity contribution in [1.29, 1.82) is 0 Å². The minimum Gasteiger partial charge on any atom is -0.448 e. The number of nitrogens with two attached hydrogens (primary N) is 1. The van der Waals surface area contributed by atoms with Gasteiger partial charge in [-0.2, -0.15) is 5.10 Å². The number of hydrogen-bond donors (Lipinski definition) is 3. The Kier molecular flexibility index (Phi) is 7.64. The van der Waals surface area contributed by atoms with Gasteiger partial charge in [-0.1, -0.05) is 103 Å². The van der Waals surface area contributed by atoms with E-state index in [1.165, 1.54) is 16.7 Å². The number of amides is 2. The summed E-state index contributed by atoms with van der Waals surface area (Å²) in [5, 5.41) is 10.2. The van der Waals surface area contributed by atoms with Gasteiger partial charge in [-0.3, -0.25) is 19.6 Å². The summed E-state index contributed by atoms with van der Waals surface area (Å²) in [5.41, 5.74) is 8.61. The lowest BCUT2D eigenvalue weighted by Crippen LogP contribution is -2.71. The van der Waals surface area contributed by atoms with Crippen LogP contribution in [0.4, 0.5) is 5.82 Å². The average Bonchev–Trinajstić information content (AvgIpc) is 3.80. The zero-order chi connectivity index (χ0) is 32.8. The summed E-state index contributed by atoms with van der Waals surface area (Å²) in [6.07, 6.45) is 2.25. The van der Waals surface area contributed by atoms with Gasteiger partial charge < -0.3 is 15.8 Å². The third kappa shape index (κ3) is 5.28. The molecule has 1 unspecified atom stereocenters. The molecule has 240 valence electrons. The van der Waals surface area contributed by atoms with Gasteiger partial charge in [0.15, 0.2) is 16.9 Å². The highest BCUT2D eigenvalue weighted by Gasteiger charge is 2.58. The first-order chi connectivity index (χ1) is 23.4. The zero-order valence-electron chi connectivity index (χ0n) is 25.4. The normalized spacial score (nSPS) is 19.5. The molecule has 2 aliphatic heterocycles. The number of nitrogens with one attached hydrogen (secondary N) is 2.